The summed E-state index contributed by atoms with van der Waals surface area (Å²) < 4.78 is 15.3. The molecule has 4 rings (SSSR count). The molecular weight excluding hydrogens is 380 g/mol. The molecule has 2 heterocycles. The predicted octanol–water partition coefficient (Wildman–Crippen LogP) is 3.51. The first-order valence-electron chi connectivity index (χ1n) is 8.47. The number of ether oxygens (including phenoxy) is 3. The van der Waals surface area contributed by atoms with Crippen LogP contribution in [0.5, 0.6) is 11.5 Å². The van der Waals surface area contributed by atoms with E-state index in [0.29, 0.717) is 27.9 Å². The number of amides is 1. The maximum Gasteiger partial charge on any atom is 0.310 e. The number of anilines is 1. The number of thiazole rings is 1. The highest BCUT2D eigenvalue weighted by molar-refractivity contribution is 7.16. The molecule has 0 unspecified atom stereocenters. The Hall–Kier alpha value is -3.39. The molecule has 0 radical (unpaired) electrons. The Morgan fingerprint density at radius 3 is 2.71 bits per heavy atom. The van der Waals surface area contributed by atoms with Crippen LogP contribution < -0.4 is 14.8 Å². The fourth-order valence-corrected chi connectivity index (χ4v) is 3.72. The van der Waals surface area contributed by atoms with Gasteiger partial charge in [0.1, 0.15) is 0 Å². The van der Waals surface area contributed by atoms with Crippen molar-refractivity contribution in [1.82, 2.24) is 4.98 Å². The van der Waals surface area contributed by atoms with E-state index in [2.05, 4.69) is 10.3 Å². The third-order valence-corrected chi connectivity index (χ3v) is 5.10. The van der Waals surface area contributed by atoms with Crippen molar-refractivity contribution < 1.29 is 23.8 Å². The fourth-order valence-electron chi connectivity index (χ4n) is 2.76. The second kappa shape index (κ2) is 7.69. The number of carbonyl (C=O) groups excluding carboxylic acids is 2. The number of rotatable bonds is 5. The van der Waals surface area contributed by atoms with Gasteiger partial charge in [-0.3, -0.25) is 14.9 Å². The van der Waals surface area contributed by atoms with Crippen LogP contribution in [0.15, 0.2) is 48.5 Å². The molecule has 7 nitrogen and oxygen atoms in total. The van der Waals surface area contributed by atoms with Gasteiger partial charge in [-0.2, -0.15) is 0 Å². The first-order valence-corrected chi connectivity index (χ1v) is 9.28. The molecule has 28 heavy (non-hydrogen) atoms. The summed E-state index contributed by atoms with van der Waals surface area (Å²) in [6, 6.07) is 14.5. The molecule has 1 aliphatic rings. The number of nitrogens with one attached hydrogen (secondary N) is 1. The predicted molar refractivity (Wildman–Crippen MR) is 104 cm³/mol. The van der Waals surface area contributed by atoms with Crippen molar-refractivity contribution in [2.75, 3.05) is 19.2 Å². The third kappa shape index (κ3) is 3.67. The summed E-state index contributed by atoms with van der Waals surface area (Å²) >= 11 is 1.25. The minimum Gasteiger partial charge on any atom is -0.469 e. The van der Waals surface area contributed by atoms with Crippen LogP contribution in [0.2, 0.25) is 0 Å². The zero-order chi connectivity index (χ0) is 19.5. The number of benzene rings is 2. The Labute approximate surface area is 164 Å². The SMILES string of the molecule is COC(=O)Cc1sc(NC(=O)c2ccc3c(c2)OCO3)nc1-c1ccccc1. The molecule has 0 spiro atoms. The summed E-state index contributed by atoms with van der Waals surface area (Å²) in [5, 5.41) is 3.19. The lowest BCUT2D eigenvalue weighted by atomic mass is 10.1. The van der Waals surface area contributed by atoms with E-state index >= 15 is 0 Å². The Morgan fingerprint density at radius 1 is 1.14 bits per heavy atom. The van der Waals surface area contributed by atoms with Crippen LogP contribution in [0.1, 0.15) is 15.2 Å². The number of carbonyl (C=O) groups is 2. The summed E-state index contributed by atoms with van der Waals surface area (Å²) in [6.45, 7) is 0.143. The maximum absolute atomic E-state index is 12.6. The van der Waals surface area contributed by atoms with Crippen LogP contribution in [0.25, 0.3) is 11.3 Å². The highest BCUT2D eigenvalue weighted by atomic mass is 32.1. The molecule has 0 atom stereocenters. The van der Waals surface area contributed by atoms with Gasteiger partial charge in [-0.25, -0.2) is 4.98 Å². The monoisotopic (exact) mass is 396 g/mol. The smallest absolute Gasteiger partial charge is 0.310 e. The van der Waals surface area contributed by atoms with E-state index in [-0.39, 0.29) is 25.1 Å². The number of aromatic nitrogens is 1. The molecule has 1 N–H and O–H groups in total. The molecule has 1 amide bonds. The first kappa shape index (κ1) is 18.0. The number of hydrogen-bond donors (Lipinski definition) is 1. The standard InChI is InChI=1S/C20H16N2O5S/c1-25-17(23)10-16-18(12-5-3-2-4-6-12)21-20(28-16)22-19(24)13-7-8-14-15(9-13)27-11-26-14/h2-9H,10-11H2,1H3,(H,21,22,24). The van der Waals surface area contributed by atoms with Gasteiger partial charge in [0.15, 0.2) is 16.6 Å². The summed E-state index contributed by atoms with van der Waals surface area (Å²) in [4.78, 5) is 29.6. The van der Waals surface area contributed by atoms with Crippen LogP contribution in [0.4, 0.5) is 5.13 Å². The number of esters is 1. The second-order valence-electron chi connectivity index (χ2n) is 5.93. The van der Waals surface area contributed by atoms with Crippen LogP contribution in [0, 0.1) is 0 Å². The maximum atomic E-state index is 12.6. The molecule has 0 fully saturated rings. The number of methoxy groups -OCH3 is 1. The molecule has 0 saturated carbocycles. The van der Waals surface area contributed by atoms with E-state index in [4.69, 9.17) is 14.2 Å². The third-order valence-electron chi connectivity index (χ3n) is 4.13. The Balaban J connectivity index is 1.60. The lowest BCUT2D eigenvalue weighted by Crippen LogP contribution is -2.11. The largest absolute Gasteiger partial charge is 0.469 e. The van der Waals surface area contributed by atoms with Crippen LogP contribution in [-0.4, -0.2) is 30.8 Å². The zero-order valence-electron chi connectivity index (χ0n) is 14.9. The Kier molecular flexibility index (Phi) is 4.94. The average molecular weight is 396 g/mol. The average Bonchev–Trinajstić information content (AvgIpc) is 3.34. The number of hydrogen-bond acceptors (Lipinski definition) is 7. The highest BCUT2D eigenvalue weighted by Gasteiger charge is 2.20. The van der Waals surface area contributed by atoms with E-state index in [1.54, 1.807) is 18.2 Å². The van der Waals surface area contributed by atoms with E-state index in [1.165, 1.54) is 18.4 Å². The van der Waals surface area contributed by atoms with Crippen LogP contribution in [0.3, 0.4) is 0 Å². The zero-order valence-corrected chi connectivity index (χ0v) is 15.7. The quantitative estimate of drug-likeness (QED) is 0.664. The molecule has 2 aromatic carbocycles. The normalized spacial score (nSPS) is 11.9. The highest BCUT2D eigenvalue weighted by Crippen LogP contribution is 2.34. The number of nitrogens with zero attached hydrogens (tertiary/aromatic N) is 1. The van der Waals surface area contributed by atoms with Gasteiger partial charge in [-0.15, -0.1) is 11.3 Å². The minimum atomic E-state index is -0.366. The van der Waals surface area contributed by atoms with Gasteiger partial charge in [0.25, 0.3) is 5.91 Å². The van der Waals surface area contributed by atoms with Gasteiger partial charge >= 0.3 is 5.97 Å². The van der Waals surface area contributed by atoms with Crippen molar-refractivity contribution in [2.24, 2.45) is 0 Å². The van der Waals surface area contributed by atoms with E-state index in [9.17, 15) is 9.59 Å². The van der Waals surface area contributed by atoms with Crippen molar-refractivity contribution in [3.63, 3.8) is 0 Å². The molecule has 0 aliphatic carbocycles. The molecule has 0 bridgehead atoms. The molecule has 8 heteroatoms. The van der Waals surface area contributed by atoms with Crippen molar-refractivity contribution in [3.05, 3.63) is 59.0 Å². The molecular formula is C20H16N2O5S. The van der Waals surface area contributed by atoms with Crippen molar-refractivity contribution in [3.8, 4) is 22.8 Å². The molecule has 1 aliphatic heterocycles. The summed E-state index contributed by atoms with van der Waals surface area (Å²) in [6.07, 6.45) is 0.0816. The molecule has 142 valence electrons. The van der Waals surface area contributed by atoms with Gasteiger partial charge in [0.05, 0.1) is 19.2 Å². The van der Waals surface area contributed by atoms with Gasteiger partial charge < -0.3 is 14.2 Å². The second-order valence-corrected chi connectivity index (χ2v) is 7.02. The molecule has 1 aromatic heterocycles. The summed E-state index contributed by atoms with van der Waals surface area (Å²) in [5.41, 5.74) is 1.94. The lowest BCUT2D eigenvalue weighted by molar-refractivity contribution is -0.139. The molecule has 3 aromatic rings. The van der Waals surface area contributed by atoms with E-state index in [1.807, 2.05) is 30.3 Å². The van der Waals surface area contributed by atoms with Crippen LogP contribution in [-0.2, 0) is 16.0 Å². The number of fused-ring (bicyclic) bond motifs is 1. The van der Waals surface area contributed by atoms with E-state index < -0.39 is 0 Å². The lowest BCUT2D eigenvalue weighted by Gasteiger charge is -2.03. The first-order chi connectivity index (χ1) is 13.6. The topological polar surface area (TPSA) is 86.8 Å². The van der Waals surface area contributed by atoms with Gasteiger partial charge in [0.2, 0.25) is 6.79 Å². The Bertz CT molecular complexity index is 1030. The van der Waals surface area contributed by atoms with Crippen molar-refractivity contribution in [2.45, 2.75) is 6.42 Å². The Morgan fingerprint density at radius 2 is 1.93 bits per heavy atom. The fraction of sp³-hybridized carbons (Fsp3) is 0.150. The van der Waals surface area contributed by atoms with Gasteiger partial charge in [-0.05, 0) is 18.2 Å². The van der Waals surface area contributed by atoms with Crippen molar-refractivity contribution >= 4 is 28.3 Å². The summed E-state index contributed by atoms with van der Waals surface area (Å²) in [5.74, 6) is 0.450. The van der Waals surface area contributed by atoms with Crippen molar-refractivity contribution in [1.29, 1.82) is 0 Å². The van der Waals surface area contributed by atoms with E-state index in [0.717, 1.165) is 10.4 Å². The van der Waals surface area contributed by atoms with Gasteiger partial charge in [0, 0.05) is 16.0 Å². The van der Waals surface area contributed by atoms with Crippen LogP contribution >= 0.6 is 11.3 Å². The van der Waals surface area contributed by atoms with Gasteiger partial charge in [-0.1, -0.05) is 30.3 Å². The minimum absolute atomic E-state index is 0.0816. The summed E-state index contributed by atoms with van der Waals surface area (Å²) in [7, 11) is 1.34. The molecule has 0 saturated heterocycles.